The number of aryl methyl sites for hydroxylation is 1. The number of esters is 1. The predicted molar refractivity (Wildman–Crippen MR) is 104 cm³/mol. The maximum Gasteiger partial charge on any atom is 0.339 e. The number of benzene rings is 1. The highest BCUT2D eigenvalue weighted by Gasteiger charge is 2.23. The molecule has 3 N–H and O–H groups in total. The van der Waals surface area contributed by atoms with Crippen LogP contribution in [0.4, 0.5) is 5.69 Å². The van der Waals surface area contributed by atoms with Crippen LogP contribution < -0.4 is 10.6 Å². The molecule has 1 heterocycles. The molecule has 1 aromatic carbocycles. The first-order valence-corrected chi connectivity index (χ1v) is 8.86. The molecule has 0 atom stereocenters. The summed E-state index contributed by atoms with van der Waals surface area (Å²) in [5.41, 5.74) is 3.39. The number of aromatic amines is 1. The van der Waals surface area contributed by atoms with E-state index in [0.717, 1.165) is 5.56 Å². The van der Waals surface area contributed by atoms with Crippen molar-refractivity contribution in [1.29, 1.82) is 0 Å². The Morgan fingerprint density at radius 1 is 1.18 bits per heavy atom. The summed E-state index contributed by atoms with van der Waals surface area (Å²) in [6.45, 7) is 3.83. The third-order valence-electron chi connectivity index (χ3n) is 4.24. The van der Waals surface area contributed by atoms with E-state index in [1.165, 1.54) is 14.2 Å². The number of hydrogen-bond acceptors (Lipinski definition) is 5. The van der Waals surface area contributed by atoms with Crippen molar-refractivity contribution in [2.24, 2.45) is 0 Å². The first-order chi connectivity index (χ1) is 13.4. The third-order valence-corrected chi connectivity index (χ3v) is 4.24. The van der Waals surface area contributed by atoms with Crippen LogP contribution in [0.25, 0.3) is 0 Å². The summed E-state index contributed by atoms with van der Waals surface area (Å²) in [6, 6.07) is 7.15. The fraction of sp³-hybridized carbons (Fsp3) is 0.350. The monoisotopic (exact) mass is 387 g/mol. The molecule has 2 aromatic rings. The second-order valence-corrected chi connectivity index (χ2v) is 6.19. The number of carbonyl (C=O) groups excluding carboxylic acids is 3. The molecule has 0 aliphatic carbocycles. The number of aromatic nitrogens is 1. The van der Waals surface area contributed by atoms with Crippen molar-refractivity contribution in [3.63, 3.8) is 0 Å². The summed E-state index contributed by atoms with van der Waals surface area (Å²) in [7, 11) is 2.76. The summed E-state index contributed by atoms with van der Waals surface area (Å²) >= 11 is 0. The fourth-order valence-corrected chi connectivity index (χ4v) is 2.89. The molecular weight excluding hydrogens is 362 g/mol. The molecule has 8 heteroatoms. The highest BCUT2D eigenvalue weighted by atomic mass is 16.5. The average molecular weight is 387 g/mol. The molecule has 150 valence electrons. The zero-order valence-electron chi connectivity index (χ0n) is 16.5. The van der Waals surface area contributed by atoms with E-state index >= 15 is 0 Å². The number of ether oxygens (including phenoxy) is 2. The van der Waals surface area contributed by atoms with Gasteiger partial charge in [0.2, 0.25) is 5.91 Å². The number of rotatable bonds is 8. The third kappa shape index (κ3) is 4.98. The molecule has 2 rings (SSSR count). The molecule has 1 aromatic heterocycles. The van der Waals surface area contributed by atoms with Crippen molar-refractivity contribution in [2.45, 2.75) is 26.8 Å². The van der Waals surface area contributed by atoms with E-state index in [1.54, 1.807) is 25.1 Å². The quantitative estimate of drug-likeness (QED) is 0.602. The lowest BCUT2D eigenvalue weighted by atomic mass is 10.1. The van der Waals surface area contributed by atoms with Crippen LogP contribution >= 0.6 is 0 Å². The van der Waals surface area contributed by atoms with Crippen molar-refractivity contribution in [2.75, 3.05) is 26.1 Å². The minimum atomic E-state index is -0.468. The van der Waals surface area contributed by atoms with Crippen molar-refractivity contribution in [1.82, 2.24) is 10.3 Å². The maximum absolute atomic E-state index is 12.6. The van der Waals surface area contributed by atoms with E-state index in [4.69, 9.17) is 9.47 Å². The maximum atomic E-state index is 12.6. The Balaban J connectivity index is 2.09. The van der Waals surface area contributed by atoms with Gasteiger partial charge in [-0.05, 0) is 36.6 Å². The minimum absolute atomic E-state index is 0.0324. The Morgan fingerprint density at radius 3 is 2.57 bits per heavy atom. The lowest BCUT2D eigenvalue weighted by Gasteiger charge is -2.08. The predicted octanol–water partition coefficient (Wildman–Crippen LogP) is 2.19. The zero-order valence-corrected chi connectivity index (χ0v) is 16.5. The smallest absolute Gasteiger partial charge is 0.339 e. The Labute approximate surface area is 163 Å². The Morgan fingerprint density at radius 2 is 1.93 bits per heavy atom. The number of nitrogens with one attached hydrogen (secondary N) is 3. The standard InChI is InChI=1S/C20H25N3O5/c1-5-15-17(20(26)28-4)12(2)18(23-15)19(25)21-10-13-7-6-8-14(9-13)22-16(24)11-27-3/h6-9,23H,5,10-11H2,1-4H3,(H,21,25)(H,22,24). The Kier molecular flexibility index (Phi) is 7.34. The van der Waals surface area contributed by atoms with E-state index < -0.39 is 5.97 Å². The van der Waals surface area contributed by atoms with Crippen molar-refractivity contribution in [3.8, 4) is 0 Å². The van der Waals surface area contributed by atoms with Gasteiger partial charge < -0.3 is 25.1 Å². The van der Waals surface area contributed by atoms with Crippen molar-refractivity contribution in [3.05, 3.63) is 52.3 Å². The van der Waals surface area contributed by atoms with Gasteiger partial charge in [0, 0.05) is 25.0 Å². The molecule has 8 nitrogen and oxygen atoms in total. The highest BCUT2D eigenvalue weighted by Crippen LogP contribution is 2.20. The van der Waals surface area contributed by atoms with Gasteiger partial charge in [-0.3, -0.25) is 9.59 Å². The number of amides is 2. The molecule has 0 aliphatic heterocycles. The number of carbonyl (C=O) groups is 3. The van der Waals surface area contributed by atoms with Gasteiger partial charge in [-0.15, -0.1) is 0 Å². The average Bonchev–Trinajstić information content (AvgIpc) is 3.02. The summed E-state index contributed by atoms with van der Waals surface area (Å²) in [5, 5.41) is 5.54. The molecule has 0 fully saturated rings. The number of anilines is 1. The molecular formula is C20H25N3O5. The van der Waals surface area contributed by atoms with Gasteiger partial charge in [0.05, 0.1) is 12.7 Å². The van der Waals surface area contributed by atoms with E-state index in [0.29, 0.717) is 34.6 Å². The second kappa shape index (κ2) is 9.70. The molecule has 0 bridgehead atoms. The summed E-state index contributed by atoms with van der Waals surface area (Å²) in [6.07, 6.45) is 0.571. The minimum Gasteiger partial charge on any atom is -0.465 e. The van der Waals surface area contributed by atoms with E-state index in [9.17, 15) is 14.4 Å². The van der Waals surface area contributed by atoms with Crippen molar-refractivity contribution >= 4 is 23.5 Å². The number of methoxy groups -OCH3 is 2. The molecule has 0 spiro atoms. The van der Waals surface area contributed by atoms with Gasteiger partial charge in [-0.1, -0.05) is 19.1 Å². The van der Waals surface area contributed by atoms with Gasteiger partial charge in [0.25, 0.3) is 5.91 Å². The van der Waals surface area contributed by atoms with Crippen LogP contribution in [0.1, 0.15) is 44.6 Å². The summed E-state index contributed by atoms with van der Waals surface area (Å²) in [5.74, 6) is -1.05. The molecule has 0 aliphatic rings. The largest absolute Gasteiger partial charge is 0.465 e. The number of H-pyrrole nitrogens is 1. The molecule has 28 heavy (non-hydrogen) atoms. The summed E-state index contributed by atoms with van der Waals surface area (Å²) in [4.78, 5) is 39.2. The zero-order chi connectivity index (χ0) is 20.7. The van der Waals surface area contributed by atoms with E-state index in [1.807, 2.05) is 13.0 Å². The number of hydrogen-bond donors (Lipinski definition) is 3. The lowest BCUT2D eigenvalue weighted by molar-refractivity contribution is -0.119. The van der Waals surface area contributed by atoms with Crippen LogP contribution in [-0.4, -0.2) is 43.6 Å². The fourth-order valence-electron chi connectivity index (χ4n) is 2.89. The van der Waals surface area contributed by atoms with Crippen LogP contribution in [0.3, 0.4) is 0 Å². The normalized spacial score (nSPS) is 10.4. The molecule has 0 saturated carbocycles. The molecule has 2 amide bonds. The van der Waals surface area contributed by atoms with Gasteiger partial charge >= 0.3 is 5.97 Å². The first-order valence-electron chi connectivity index (χ1n) is 8.86. The van der Waals surface area contributed by atoms with Gasteiger partial charge in [0.15, 0.2) is 0 Å². The van der Waals surface area contributed by atoms with E-state index in [2.05, 4.69) is 15.6 Å². The van der Waals surface area contributed by atoms with Gasteiger partial charge in [-0.25, -0.2) is 4.79 Å². The van der Waals surface area contributed by atoms with Crippen LogP contribution in [0.5, 0.6) is 0 Å². The van der Waals surface area contributed by atoms with Crippen LogP contribution in [0.15, 0.2) is 24.3 Å². The highest BCUT2D eigenvalue weighted by molar-refractivity contribution is 6.00. The van der Waals surface area contributed by atoms with Crippen LogP contribution in [0.2, 0.25) is 0 Å². The summed E-state index contributed by atoms with van der Waals surface area (Å²) < 4.78 is 9.60. The van der Waals surface area contributed by atoms with Crippen molar-refractivity contribution < 1.29 is 23.9 Å². The molecule has 0 saturated heterocycles. The van der Waals surface area contributed by atoms with Crippen LogP contribution in [0, 0.1) is 6.92 Å². The van der Waals surface area contributed by atoms with E-state index in [-0.39, 0.29) is 25.0 Å². The SMILES string of the molecule is CCc1[nH]c(C(=O)NCc2cccc(NC(=O)COC)c2)c(C)c1C(=O)OC. The second-order valence-electron chi connectivity index (χ2n) is 6.19. The Bertz CT molecular complexity index is 873. The Hall–Kier alpha value is -3.13. The first kappa shape index (κ1) is 21.2. The molecule has 0 unspecified atom stereocenters. The van der Waals surface area contributed by atoms with Gasteiger partial charge in [0.1, 0.15) is 12.3 Å². The molecule has 0 radical (unpaired) electrons. The topological polar surface area (TPSA) is 110 Å². The van der Waals surface area contributed by atoms with Gasteiger partial charge in [-0.2, -0.15) is 0 Å². The van der Waals surface area contributed by atoms with Crippen LogP contribution in [-0.2, 0) is 27.2 Å². The lowest BCUT2D eigenvalue weighted by Crippen LogP contribution is -2.24.